The van der Waals surface area contributed by atoms with Crippen LogP contribution in [0.3, 0.4) is 0 Å². The molecule has 12 heteroatoms. The van der Waals surface area contributed by atoms with Crippen LogP contribution in [-0.2, 0) is 28.4 Å². The first-order chi connectivity index (χ1) is 21.8. The number of benzene rings is 3. The Morgan fingerprint density at radius 3 is 2.20 bits per heavy atom. The summed E-state index contributed by atoms with van der Waals surface area (Å²) >= 11 is 0. The fraction of sp³-hybridized carbons (Fsp3) is 0.353. The number of ether oxygens (including phenoxy) is 1. The van der Waals surface area contributed by atoms with Gasteiger partial charge in [-0.3, -0.25) is 9.48 Å². The third-order valence-corrected chi connectivity index (χ3v) is 8.88. The van der Waals surface area contributed by atoms with Crippen LogP contribution in [0.15, 0.2) is 85.2 Å². The van der Waals surface area contributed by atoms with E-state index in [2.05, 4.69) is 5.10 Å². The summed E-state index contributed by atoms with van der Waals surface area (Å²) in [7, 11) is 0. The van der Waals surface area contributed by atoms with E-state index >= 15 is 0 Å². The van der Waals surface area contributed by atoms with Crippen molar-refractivity contribution in [3.05, 3.63) is 124 Å². The Hall–Kier alpha value is -4.19. The molecule has 242 valence electrons. The van der Waals surface area contributed by atoms with Crippen molar-refractivity contribution in [2.45, 2.75) is 68.7 Å². The SMILES string of the molecule is C[C@@H](O[C@H]1CN2C(=O)CC(c3cnn(Cc4ccccc4)c3)C[C@H]2[C@@H]1c1ccc(F)cc1)c1cc(C(F)(F)F)cc(C(F)(F)F)c1. The van der Waals surface area contributed by atoms with Gasteiger partial charge >= 0.3 is 12.4 Å². The Morgan fingerprint density at radius 2 is 1.57 bits per heavy atom. The molecular weight excluding hydrogens is 615 g/mol. The van der Waals surface area contributed by atoms with Crippen LogP contribution in [0.4, 0.5) is 30.7 Å². The lowest BCUT2D eigenvalue weighted by atomic mass is 9.80. The van der Waals surface area contributed by atoms with Gasteiger partial charge in [0.25, 0.3) is 0 Å². The van der Waals surface area contributed by atoms with E-state index in [0.29, 0.717) is 30.7 Å². The van der Waals surface area contributed by atoms with Crippen molar-refractivity contribution in [3.8, 4) is 0 Å². The molecule has 1 aromatic heterocycles. The number of hydrogen-bond donors (Lipinski definition) is 0. The number of amides is 1. The zero-order valence-electron chi connectivity index (χ0n) is 24.6. The van der Waals surface area contributed by atoms with E-state index in [0.717, 1.165) is 11.1 Å². The van der Waals surface area contributed by atoms with Crippen LogP contribution in [0.2, 0.25) is 0 Å². The molecule has 4 aromatic rings. The van der Waals surface area contributed by atoms with Crippen molar-refractivity contribution >= 4 is 5.91 Å². The molecule has 2 saturated heterocycles. The monoisotopic (exact) mass is 645 g/mol. The maximum Gasteiger partial charge on any atom is 0.416 e. The highest BCUT2D eigenvalue weighted by molar-refractivity contribution is 5.79. The quantitative estimate of drug-likeness (QED) is 0.191. The predicted octanol–water partition coefficient (Wildman–Crippen LogP) is 8.13. The highest BCUT2D eigenvalue weighted by Crippen LogP contribution is 2.46. The fourth-order valence-corrected chi connectivity index (χ4v) is 6.65. The molecule has 46 heavy (non-hydrogen) atoms. The van der Waals surface area contributed by atoms with Gasteiger partial charge in [-0.2, -0.15) is 31.4 Å². The summed E-state index contributed by atoms with van der Waals surface area (Å²) in [5, 5.41) is 4.49. The number of rotatable bonds is 7. The van der Waals surface area contributed by atoms with Crippen molar-refractivity contribution in [3.63, 3.8) is 0 Å². The van der Waals surface area contributed by atoms with Crippen LogP contribution >= 0.6 is 0 Å². The maximum absolute atomic E-state index is 13.9. The first-order valence-electron chi connectivity index (χ1n) is 14.8. The second-order valence-electron chi connectivity index (χ2n) is 11.9. The number of carbonyl (C=O) groups is 1. The number of carbonyl (C=O) groups excluding carboxylic acids is 1. The Morgan fingerprint density at radius 1 is 0.913 bits per heavy atom. The van der Waals surface area contributed by atoms with Crippen molar-refractivity contribution in [1.82, 2.24) is 14.7 Å². The average molecular weight is 646 g/mol. The molecule has 0 spiro atoms. The molecule has 3 aromatic carbocycles. The summed E-state index contributed by atoms with van der Waals surface area (Å²) < 4.78 is 103. The summed E-state index contributed by atoms with van der Waals surface area (Å²) in [6, 6.07) is 16.4. The number of aromatic nitrogens is 2. The average Bonchev–Trinajstić information content (AvgIpc) is 3.62. The van der Waals surface area contributed by atoms with Crippen molar-refractivity contribution < 1.29 is 40.3 Å². The Kier molecular flexibility index (Phi) is 8.43. The molecular formula is C34H30F7N3O2. The molecule has 0 saturated carbocycles. The predicted molar refractivity (Wildman–Crippen MR) is 154 cm³/mol. The number of nitrogens with zero attached hydrogens (tertiary/aromatic N) is 3. The van der Waals surface area contributed by atoms with E-state index in [1.165, 1.54) is 19.1 Å². The van der Waals surface area contributed by atoms with Crippen molar-refractivity contribution in [1.29, 1.82) is 0 Å². The van der Waals surface area contributed by atoms with E-state index < -0.39 is 53.5 Å². The number of hydrogen-bond acceptors (Lipinski definition) is 3. The third kappa shape index (κ3) is 6.67. The third-order valence-electron chi connectivity index (χ3n) is 8.88. The van der Waals surface area contributed by atoms with Crippen LogP contribution in [0.5, 0.6) is 0 Å². The Balaban J connectivity index is 1.28. The first kappa shape index (κ1) is 31.8. The number of alkyl halides is 6. The van der Waals surface area contributed by atoms with Gasteiger partial charge in [0.15, 0.2) is 0 Å². The molecule has 3 heterocycles. The van der Waals surface area contributed by atoms with E-state index in [1.54, 1.807) is 27.9 Å². The molecule has 5 atom stereocenters. The molecule has 1 amide bonds. The lowest BCUT2D eigenvalue weighted by Crippen LogP contribution is -2.43. The Bertz CT molecular complexity index is 1650. The summed E-state index contributed by atoms with van der Waals surface area (Å²) in [5.74, 6) is -1.32. The largest absolute Gasteiger partial charge is 0.416 e. The normalized spacial score (nSPS) is 22.6. The van der Waals surface area contributed by atoms with Gasteiger partial charge in [-0.1, -0.05) is 42.5 Å². The maximum atomic E-state index is 13.9. The topological polar surface area (TPSA) is 47.4 Å². The van der Waals surface area contributed by atoms with Crippen LogP contribution in [0.1, 0.15) is 71.1 Å². The first-order valence-corrected chi connectivity index (χ1v) is 14.8. The minimum atomic E-state index is -5.00. The van der Waals surface area contributed by atoms with E-state index in [1.807, 2.05) is 36.5 Å². The molecule has 6 rings (SSSR count). The van der Waals surface area contributed by atoms with Crippen LogP contribution in [0, 0.1) is 5.82 Å². The molecule has 2 fully saturated rings. The highest BCUT2D eigenvalue weighted by atomic mass is 19.4. The van der Waals surface area contributed by atoms with Gasteiger partial charge in [-0.05, 0) is 71.8 Å². The molecule has 2 aliphatic rings. The second-order valence-corrected chi connectivity index (χ2v) is 11.9. The minimum absolute atomic E-state index is 0.0775. The van der Waals surface area contributed by atoms with Crippen LogP contribution in [0.25, 0.3) is 0 Å². The molecule has 0 N–H and O–H groups in total. The lowest BCUT2D eigenvalue weighted by molar-refractivity contribution is -0.143. The van der Waals surface area contributed by atoms with Gasteiger partial charge in [-0.15, -0.1) is 0 Å². The number of piperidine rings is 1. The second kappa shape index (κ2) is 12.2. The van der Waals surface area contributed by atoms with E-state index in [4.69, 9.17) is 4.74 Å². The van der Waals surface area contributed by atoms with Gasteiger partial charge in [-0.25, -0.2) is 4.39 Å². The molecule has 1 unspecified atom stereocenters. The highest BCUT2D eigenvalue weighted by Gasteiger charge is 2.50. The van der Waals surface area contributed by atoms with Crippen LogP contribution in [-0.4, -0.2) is 39.3 Å². The van der Waals surface area contributed by atoms with Crippen molar-refractivity contribution in [2.75, 3.05) is 6.54 Å². The van der Waals surface area contributed by atoms with Gasteiger partial charge in [0, 0.05) is 31.1 Å². The van der Waals surface area contributed by atoms with Gasteiger partial charge < -0.3 is 9.64 Å². The fourth-order valence-electron chi connectivity index (χ4n) is 6.65. The molecule has 2 aliphatic heterocycles. The van der Waals surface area contributed by atoms with E-state index in [-0.39, 0.29) is 36.4 Å². The van der Waals surface area contributed by atoms with Crippen molar-refractivity contribution in [2.24, 2.45) is 0 Å². The molecule has 0 aliphatic carbocycles. The molecule has 5 nitrogen and oxygen atoms in total. The summed E-state index contributed by atoms with van der Waals surface area (Å²) in [6.45, 7) is 2.02. The Labute approximate surface area is 260 Å². The minimum Gasteiger partial charge on any atom is -0.368 e. The smallest absolute Gasteiger partial charge is 0.368 e. The zero-order valence-corrected chi connectivity index (χ0v) is 24.6. The van der Waals surface area contributed by atoms with Gasteiger partial charge in [0.1, 0.15) is 5.82 Å². The summed E-state index contributed by atoms with van der Waals surface area (Å²) in [4.78, 5) is 15.2. The number of halogens is 7. The summed E-state index contributed by atoms with van der Waals surface area (Å²) in [6.07, 6.45) is -7.61. The van der Waals surface area contributed by atoms with E-state index in [9.17, 15) is 35.5 Å². The summed E-state index contributed by atoms with van der Waals surface area (Å²) in [5.41, 5.74) is -0.565. The zero-order chi connectivity index (χ0) is 32.8. The lowest BCUT2D eigenvalue weighted by Gasteiger charge is -2.36. The van der Waals surface area contributed by atoms with Gasteiger partial charge in [0.2, 0.25) is 5.91 Å². The van der Waals surface area contributed by atoms with Gasteiger partial charge in [0.05, 0.1) is 36.1 Å². The number of fused-ring (bicyclic) bond motifs is 1. The standard InChI is InChI=1S/C34H30F7N3O2/c1-20(23-11-26(33(36,37)38)15-27(12-23)34(39,40)41)46-30-19-44-29(32(30)22-7-9-28(35)10-8-22)13-24(14-31(44)45)25-16-42-43(18-25)17-21-5-3-2-4-6-21/h2-12,15-16,18,20,24,29-30,32H,13-14,17,19H2,1H3/t20-,24?,29+,30+,32+/m1/s1. The van der Waals surface area contributed by atoms with Crippen LogP contribution < -0.4 is 0 Å². The molecule has 0 radical (unpaired) electrons. The molecule has 0 bridgehead atoms.